The van der Waals surface area contributed by atoms with Crippen LogP contribution in [-0.4, -0.2) is 40.6 Å². The molecule has 0 aliphatic heterocycles. The van der Waals surface area contributed by atoms with Gasteiger partial charge in [0, 0.05) is 28.7 Å². The molecule has 0 N–H and O–H groups in total. The summed E-state index contributed by atoms with van der Waals surface area (Å²) in [6.07, 6.45) is 0.537. The molecule has 1 amide bonds. The smallest absolute Gasteiger partial charge is 0.266 e. The summed E-state index contributed by atoms with van der Waals surface area (Å²) in [5.74, 6) is 0.299. The van der Waals surface area contributed by atoms with E-state index in [-0.39, 0.29) is 11.5 Å². The van der Waals surface area contributed by atoms with Crippen molar-refractivity contribution in [2.45, 2.75) is 19.4 Å². The highest BCUT2D eigenvalue weighted by Crippen LogP contribution is 2.28. The minimum absolute atomic E-state index is 0.171. The second kappa shape index (κ2) is 11.2. The molecule has 0 aliphatic rings. The number of hydrogen-bond acceptors (Lipinski definition) is 4. The number of ether oxygens (including phenoxy) is 1. The highest BCUT2D eigenvalue weighted by Gasteiger charge is 2.29. The Hall–Kier alpha value is -3.00. The van der Waals surface area contributed by atoms with Crippen molar-refractivity contribution in [1.29, 1.82) is 0 Å². The first-order valence-corrected chi connectivity index (χ1v) is 12.4. The van der Waals surface area contributed by atoms with Gasteiger partial charge in [-0.3, -0.25) is 14.2 Å². The van der Waals surface area contributed by atoms with E-state index in [2.05, 4.69) is 15.9 Å². The average Bonchev–Trinajstić information content (AvgIpc) is 2.86. The van der Waals surface area contributed by atoms with Crippen LogP contribution in [0.15, 0.2) is 82.1 Å². The van der Waals surface area contributed by atoms with Gasteiger partial charge in [0.15, 0.2) is 0 Å². The summed E-state index contributed by atoms with van der Waals surface area (Å²) in [4.78, 5) is 34.1. The summed E-state index contributed by atoms with van der Waals surface area (Å²) in [6.45, 7) is 2.64. The standard InChI is InChI=1S/C27H25BrClN3O3/c1-3-24(31(14-15-35-2)26(33)18-8-6-9-19(28)16-18)25-30-23-13-5-4-12-22(23)27(34)32(25)21-11-7-10-20(29)17-21/h4-13,16-17,24H,3,14-15H2,1-2H3. The lowest BCUT2D eigenvalue weighted by molar-refractivity contribution is 0.0579. The maximum Gasteiger partial charge on any atom is 0.266 e. The topological polar surface area (TPSA) is 64.4 Å². The Balaban J connectivity index is 1.95. The number of hydrogen-bond donors (Lipinski definition) is 0. The first kappa shape index (κ1) is 25.1. The van der Waals surface area contributed by atoms with E-state index in [4.69, 9.17) is 21.3 Å². The van der Waals surface area contributed by atoms with E-state index < -0.39 is 6.04 Å². The number of halogens is 2. The molecule has 35 heavy (non-hydrogen) atoms. The second-order valence-corrected chi connectivity index (χ2v) is 9.39. The zero-order valence-electron chi connectivity index (χ0n) is 19.4. The molecule has 0 saturated heterocycles. The number of nitrogens with zero attached hydrogens (tertiary/aromatic N) is 3. The molecule has 8 heteroatoms. The van der Waals surface area contributed by atoms with E-state index in [1.165, 1.54) is 0 Å². The number of aromatic nitrogens is 2. The van der Waals surface area contributed by atoms with E-state index in [1.807, 2.05) is 43.3 Å². The van der Waals surface area contributed by atoms with Crippen LogP contribution in [0.4, 0.5) is 0 Å². The van der Waals surface area contributed by atoms with Crippen LogP contribution in [0.3, 0.4) is 0 Å². The minimum Gasteiger partial charge on any atom is -0.383 e. The molecule has 0 spiro atoms. The summed E-state index contributed by atoms with van der Waals surface area (Å²) in [6, 6.07) is 21.1. The molecular formula is C27H25BrClN3O3. The van der Waals surface area contributed by atoms with E-state index >= 15 is 0 Å². The van der Waals surface area contributed by atoms with Crippen molar-refractivity contribution in [2.75, 3.05) is 20.3 Å². The number of rotatable bonds is 8. The van der Waals surface area contributed by atoms with Crippen LogP contribution in [-0.2, 0) is 4.74 Å². The van der Waals surface area contributed by atoms with E-state index in [0.29, 0.717) is 52.6 Å². The molecule has 1 heterocycles. The number of carbonyl (C=O) groups excluding carboxylic acids is 1. The van der Waals surface area contributed by atoms with Crippen molar-refractivity contribution in [3.05, 3.63) is 104 Å². The molecule has 1 atom stereocenters. The summed E-state index contributed by atoms with van der Waals surface area (Å²) < 4.78 is 7.70. The first-order valence-electron chi connectivity index (χ1n) is 11.3. The zero-order valence-corrected chi connectivity index (χ0v) is 21.8. The highest BCUT2D eigenvalue weighted by atomic mass is 79.9. The SMILES string of the molecule is CCC(c1nc2ccccc2c(=O)n1-c1cccc(Cl)c1)N(CCOC)C(=O)c1cccc(Br)c1. The fourth-order valence-electron chi connectivity index (χ4n) is 4.16. The summed E-state index contributed by atoms with van der Waals surface area (Å²) >= 11 is 9.74. The van der Waals surface area contributed by atoms with Crippen molar-refractivity contribution in [1.82, 2.24) is 14.5 Å². The van der Waals surface area contributed by atoms with Gasteiger partial charge in [-0.1, -0.05) is 58.7 Å². The summed E-state index contributed by atoms with van der Waals surface area (Å²) in [7, 11) is 1.60. The molecule has 0 fully saturated rings. The Morgan fingerprint density at radius 1 is 1.11 bits per heavy atom. The van der Waals surface area contributed by atoms with Gasteiger partial charge < -0.3 is 9.64 Å². The fourth-order valence-corrected chi connectivity index (χ4v) is 4.74. The Bertz CT molecular complexity index is 1420. The number of benzene rings is 3. The second-order valence-electron chi connectivity index (χ2n) is 8.03. The van der Waals surface area contributed by atoms with Crippen LogP contribution in [0.2, 0.25) is 5.02 Å². The van der Waals surface area contributed by atoms with Crippen molar-refractivity contribution in [3.8, 4) is 5.69 Å². The van der Waals surface area contributed by atoms with E-state index in [9.17, 15) is 9.59 Å². The van der Waals surface area contributed by atoms with Crippen LogP contribution in [0.1, 0.15) is 35.6 Å². The van der Waals surface area contributed by atoms with Gasteiger partial charge in [-0.05, 0) is 55.0 Å². The van der Waals surface area contributed by atoms with Crippen molar-refractivity contribution >= 4 is 44.3 Å². The van der Waals surface area contributed by atoms with Gasteiger partial charge >= 0.3 is 0 Å². The molecular weight excluding hydrogens is 530 g/mol. The molecule has 3 aromatic carbocycles. The van der Waals surface area contributed by atoms with Crippen LogP contribution in [0.25, 0.3) is 16.6 Å². The molecule has 1 unspecified atom stereocenters. The van der Waals surface area contributed by atoms with Gasteiger partial charge in [0.05, 0.1) is 29.2 Å². The summed E-state index contributed by atoms with van der Waals surface area (Å²) in [5, 5.41) is 0.996. The maximum absolute atomic E-state index is 13.7. The minimum atomic E-state index is -0.493. The largest absolute Gasteiger partial charge is 0.383 e. The monoisotopic (exact) mass is 553 g/mol. The predicted octanol–water partition coefficient (Wildman–Crippen LogP) is 6.04. The lowest BCUT2D eigenvalue weighted by Gasteiger charge is -2.32. The molecule has 180 valence electrons. The van der Waals surface area contributed by atoms with Crippen LogP contribution in [0, 0.1) is 0 Å². The van der Waals surface area contributed by atoms with E-state index in [0.717, 1.165) is 4.47 Å². The van der Waals surface area contributed by atoms with Crippen LogP contribution >= 0.6 is 27.5 Å². The third-order valence-electron chi connectivity index (χ3n) is 5.80. The Kier molecular flexibility index (Phi) is 8.00. The zero-order chi connectivity index (χ0) is 24.9. The third kappa shape index (κ3) is 5.32. The van der Waals surface area contributed by atoms with Gasteiger partial charge in [-0.15, -0.1) is 0 Å². The van der Waals surface area contributed by atoms with Gasteiger partial charge in [0.2, 0.25) is 0 Å². The Morgan fingerprint density at radius 2 is 1.89 bits per heavy atom. The molecule has 1 aromatic heterocycles. The maximum atomic E-state index is 13.7. The number of carbonyl (C=O) groups is 1. The van der Waals surface area contributed by atoms with Gasteiger partial charge in [0.1, 0.15) is 5.82 Å². The molecule has 0 aliphatic carbocycles. The molecule has 6 nitrogen and oxygen atoms in total. The molecule has 0 radical (unpaired) electrons. The molecule has 4 rings (SSSR count). The number of methoxy groups -OCH3 is 1. The average molecular weight is 555 g/mol. The number of fused-ring (bicyclic) bond motifs is 1. The third-order valence-corrected chi connectivity index (χ3v) is 6.53. The van der Waals surface area contributed by atoms with Gasteiger partial charge in [-0.2, -0.15) is 0 Å². The quantitative estimate of drug-likeness (QED) is 0.266. The molecule has 4 aromatic rings. The fraction of sp³-hybridized carbons (Fsp3) is 0.222. The first-order chi connectivity index (χ1) is 16.9. The van der Waals surface area contributed by atoms with Gasteiger partial charge in [0.25, 0.3) is 11.5 Å². The van der Waals surface area contributed by atoms with Crippen LogP contribution in [0.5, 0.6) is 0 Å². The van der Waals surface area contributed by atoms with Crippen molar-refractivity contribution in [2.24, 2.45) is 0 Å². The lowest BCUT2D eigenvalue weighted by atomic mass is 10.1. The number of para-hydroxylation sites is 1. The van der Waals surface area contributed by atoms with Crippen LogP contribution < -0.4 is 5.56 Å². The van der Waals surface area contributed by atoms with Gasteiger partial charge in [-0.25, -0.2) is 4.98 Å². The lowest BCUT2D eigenvalue weighted by Crippen LogP contribution is -2.40. The Labute approximate surface area is 217 Å². The summed E-state index contributed by atoms with van der Waals surface area (Å²) in [5.41, 5.74) is 1.49. The highest BCUT2D eigenvalue weighted by molar-refractivity contribution is 9.10. The normalized spacial score (nSPS) is 12.0. The van der Waals surface area contributed by atoms with Crippen molar-refractivity contribution < 1.29 is 9.53 Å². The Morgan fingerprint density at radius 3 is 2.60 bits per heavy atom. The van der Waals surface area contributed by atoms with Crippen molar-refractivity contribution in [3.63, 3.8) is 0 Å². The van der Waals surface area contributed by atoms with E-state index in [1.54, 1.807) is 53.0 Å². The molecule has 0 bridgehead atoms. The number of amides is 1. The molecule has 0 saturated carbocycles. The predicted molar refractivity (Wildman–Crippen MR) is 142 cm³/mol.